The van der Waals surface area contributed by atoms with Crippen LogP contribution in [0.1, 0.15) is 42.1 Å². The number of nitrogen functional groups attached to an aromatic ring is 1. The number of aromatic carboxylic acids is 1. The third kappa shape index (κ3) is 3.28. The van der Waals surface area contributed by atoms with Crippen molar-refractivity contribution in [3.63, 3.8) is 0 Å². The molecule has 2 aliphatic carbocycles. The largest absolute Gasteiger partial charge is 0.477 e. The first-order valence-electron chi connectivity index (χ1n) is 10.6. The second-order valence-corrected chi connectivity index (χ2v) is 9.20. The molecule has 1 unspecified atom stereocenters. The highest BCUT2D eigenvalue weighted by Gasteiger charge is 2.57. The molecule has 1 aromatic carbocycles. The molecular formula is C21H19F5N4O4. The number of rotatable bonds is 4. The molecule has 8 nitrogen and oxygen atoms in total. The maximum Gasteiger partial charge on any atom is 0.471 e. The first kappa shape index (κ1) is 22.4. The topological polar surface area (TPSA) is 118 Å². The summed E-state index contributed by atoms with van der Waals surface area (Å²) < 4.78 is 70.8. The number of halogens is 5. The third-order valence-corrected chi connectivity index (χ3v) is 6.95. The zero-order valence-corrected chi connectivity index (χ0v) is 17.5. The predicted molar refractivity (Wildman–Crippen MR) is 110 cm³/mol. The van der Waals surface area contributed by atoms with E-state index in [1.807, 2.05) is 5.32 Å². The number of benzene rings is 1. The van der Waals surface area contributed by atoms with E-state index in [4.69, 9.17) is 5.73 Å². The van der Waals surface area contributed by atoms with E-state index in [-0.39, 0.29) is 24.6 Å². The van der Waals surface area contributed by atoms with Crippen molar-refractivity contribution < 1.29 is 36.6 Å². The third-order valence-electron chi connectivity index (χ3n) is 6.95. The fourth-order valence-electron chi connectivity index (χ4n) is 4.87. The molecular weight excluding hydrogens is 467 g/mol. The Kier molecular flexibility index (Phi) is 4.65. The summed E-state index contributed by atoms with van der Waals surface area (Å²) in [5.74, 6) is -6.15. The first-order chi connectivity index (χ1) is 15.9. The number of anilines is 2. The van der Waals surface area contributed by atoms with Gasteiger partial charge in [-0.2, -0.15) is 13.2 Å². The summed E-state index contributed by atoms with van der Waals surface area (Å²) >= 11 is 0. The summed E-state index contributed by atoms with van der Waals surface area (Å²) in [7, 11) is 0. The first-order valence-corrected chi connectivity index (χ1v) is 10.6. The Morgan fingerprint density at radius 1 is 1.18 bits per heavy atom. The lowest BCUT2D eigenvalue weighted by Crippen LogP contribution is -2.47. The lowest BCUT2D eigenvalue weighted by atomic mass is 10.0. The quantitative estimate of drug-likeness (QED) is 0.452. The van der Waals surface area contributed by atoms with Crippen LogP contribution in [0.3, 0.4) is 0 Å². The molecule has 0 radical (unpaired) electrons. The summed E-state index contributed by atoms with van der Waals surface area (Å²) in [4.78, 5) is 36.9. The van der Waals surface area contributed by atoms with E-state index in [0.29, 0.717) is 25.7 Å². The molecule has 1 amide bonds. The second kappa shape index (κ2) is 7.06. The molecule has 3 fully saturated rings. The van der Waals surface area contributed by atoms with E-state index in [1.165, 1.54) is 9.47 Å². The number of fused-ring (bicyclic) bond motifs is 1. The molecule has 182 valence electrons. The van der Waals surface area contributed by atoms with Crippen molar-refractivity contribution in [2.75, 3.05) is 23.7 Å². The molecule has 34 heavy (non-hydrogen) atoms. The number of hydrogen-bond donors (Lipinski definition) is 3. The Bertz CT molecular complexity index is 1310. The van der Waals surface area contributed by atoms with Gasteiger partial charge in [-0.1, -0.05) is 0 Å². The Morgan fingerprint density at radius 3 is 2.35 bits per heavy atom. The van der Waals surface area contributed by atoms with Crippen LogP contribution in [-0.4, -0.2) is 46.9 Å². The molecule has 1 saturated heterocycles. The highest BCUT2D eigenvalue weighted by atomic mass is 19.4. The van der Waals surface area contributed by atoms with Crippen molar-refractivity contribution in [1.82, 2.24) is 9.88 Å². The number of alkyl halides is 3. The number of pyridine rings is 1. The number of carbonyl (C=O) groups is 2. The molecule has 3 aliphatic rings. The van der Waals surface area contributed by atoms with Crippen LogP contribution >= 0.6 is 0 Å². The predicted octanol–water partition coefficient (Wildman–Crippen LogP) is 2.54. The fourth-order valence-corrected chi connectivity index (χ4v) is 4.87. The standard InChI is InChI=1S/C21H19F5N4O4/c22-12-14(27)11-15(30(8-1-2-8)5-9(17(11)31)18(32)33)13(23)16(12)29-6-10(20(7-29)3-4-20)28-19(34)21(24,25)26/h5,8,10H,1-4,6-7,27H2,(H,28,34)(H,32,33). The van der Waals surface area contributed by atoms with E-state index in [0.717, 1.165) is 6.20 Å². The molecule has 2 saturated carbocycles. The van der Waals surface area contributed by atoms with Gasteiger partial charge >= 0.3 is 18.1 Å². The summed E-state index contributed by atoms with van der Waals surface area (Å²) in [5, 5.41) is 10.7. The number of amides is 1. The maximum absolute atomic E-state index is 15.9. The molecule has 5 rings (SSSR count). The van der Waals surface area contributed by atoms with Gasteiger partial charge in [0.25, 0.3) is 0 Å². The Morgan fingerprint density at radius 2 is 1.82 bits per heavy atom. The van der Waals surface area contributed by atoms with E-state index in [9.17, 15) is 32.7 Å². The maximum atomic E-state index is 15.9. The molecule has 1 aromatic heterocycles. The lowest BCUT2D eigenvalue weighted by molar-refractivity contribution is -0.174. The average molecular weight is 486 g/mol. The molecule has 2 heterocycles. The normalized spacial score (nSPS) is 21.3. The van der Waals surface area contributed by atoms with Gasteiger partial charge in [0.05, 0.1) is 22.6 Å². The number of carbonyl (C=O) groups excluding carboxylic acids is 1. The number of carboxylic acid groups (broad SMARTS) is 1. The second-order valence-electron chi connectivity index (χ2n) is 9.20. The van der Waals surface area contributed by atoms with Crippen LogP contribution in [0.15, 0.2) is 11.0 Å². The summed E-state index contributed by atoms with van der Waals surface area (Å²) in [5.41, 5.74) is 1.62. The van der Waals surface area contributed by atoms with Gasteiger partial charge in [0, 0.05) is 30.7 Å². The van der Waals surface area contributed by atoms with Gasteiger partial charge in [-0.3, -0.25) is 9.59 Å². The van der Waals surface area contributed by atoms with Crippen molar-refractivity contribution in [1.29, 1.82) is 0 Å². The van der Waals surface area contributed by atoms with Gasteiger partial charge in [-0.25, -0.2) is 13.6 Å². The molecule has 1 aliphatic heterocycles. The number of carboxylic acids is 1. The number of aromatic nitrogens is 1. The van der Waals surface area contributed by atoms with Gasteiger partial charge in [-0.05, 0) is 25.7 Å². The summed E-state index contributed by atoms with van der Waals surface area (Å²) in [6.07, 6.45) is -1.99. The van der Waals surface area contributed by atoms with Crippen LogP contribution < -0.4 is 21.4 Å². The number of hydrogen-bond acceptors (Lipinski definition) is 5. The van der Waals surface area contributed by atoms with E-state index < -0.39 is 68.9 Å². The monoisotopic (exact) mass is 486 g/mol. The van der Waals surface area contributed by atoms with E-state index >= 15 is 8.78 Å². The van der Waals surface area contributed by atoms with Crippen LogP contribution in [0.5, 0.6) is 0 Å². The zero-order valence-electron chi connectivity index (χ0n) is 17.5. The van der Waals surface area contributed by atoms with Gasteiger partial charge in [-0.15, -0.1) is 0 Å². The van der Waals surface area contributed by atoms with Crippen molar-refractivity contribution in [2.24, 2.45) is 5.41 Å². The van der Waals surface area contributed by atoms with E-state index in [1.54, 1.807) is 0 Å². The fraction of sp³-hybridized carbons (Fsp3) is 0.476. The zero-order chi connectivity index (χ0) is 24.7. The highest BCUT2D eigenvalue weighted by Crippen LogP contribution is 2.54. The number of nitrogens with two attached hydrogens (primary N) is 1. The van der Waals surface area contributed by atoms with Gasteiger partial charge in [0.15, 0.2) is 11.6 Å². The molecule has 1 spiro atoms. The van der Waals surface area contributed by atoms with E-state index in [2.05, 4.69) is 0 Å². The Labute approximate surface area is 188 Å². The number of nitrogens with zero attached hydrogens (tertiary/aromatic N) is 2. The Hall–Kier alpha value is -3.38. The minimum atomic E-state index is -5.10. The molecule has 4 N–H and O–H groups in total. The smallest absolute Gasteiger partial charge is 0.471 e. The average Bonchev–Trinajstić information content (AvgIpc) is 3.65. The van der Waals surface area contributed by atoms with Crippen LogP contribution in [0, 0.1) is 17.0 Å². The van der Waals surface area contributed by atoms with Crippen LogP contribution in [0.25, 0.3) is 10.9 Å². The van der Waals surface area contributed by atoms with Gasteiger partial charge in [0.1, 0.15) is 11.3 Å². The van der Waals surface area contributed by atoms with Crippen LogP contribution in [-0.2, 0) is 4.79 Å². The van der Waals surface area contributed by atoms with Crippen molar-refractivity contribution >= 4 is 34.2 Å². The van der Waals surface area contributed by atoms with Gasteiger partial charge < -0.3 is 25.6 Å². The van der Waals surface area contributed by atoms with Crippen LogP contribution in [0.2, 0.25) is 0 Å². The number of nitrogens with one attached hydrogen (secondary N) is 1. The molecule has 13 heteroatoms. The minimum Gasteiger partial charge on any atom is -0.477 e. The van der Waals surface area contributed by atoms with Crippen molar-refractivity contribution in [3.8, 4) is 0 Å². The van der Waals surface area contributed by atoms with Gasteiger partial charge in [0.2, 0.25) is 5.43 Å². The van der Waals surface area contributed by atoms with Crippen LogP contribution in [0.4, 0.5) is 33.3 Å². The summed E-state index contributed by atoms with van der Waals surface area (Å²) in [6.45, 7) is -0.309. The molecule has 0 bridgehead atoms. The SMILES string of the molecule is Nc1c(F)c(N2CC(NC(=O)C(F)(F)F)C3(CC3)C2)c(F)c2c1c(=O)c(C(=O)O)cn2C1CC1. The Balaban J connectivity index is 1.64. The highest BCUT2D eigenvalue weighted by molar-refractivity contribution is 6.00. The van der Waals surface area contributed by atoms with Crippen molar-refractivity contribution in [3.05, 3.63) is 33.6 Å². The minimum absolute atomic E-state index is 0.0184. The lowest BCUT2D eigenvalue weighted by Gasteiger charge is -2.24. The molecule has 1 atom stereocenters. The van der Waals surface area contributed by atoms with Crippen molar-refractivity contribution in [2.45, 2.75) is 43.9 Å². The molecule has 2 aromatic rings. The summed E-state index contributed by atoms with van der Waals surface area (Å²) in [6, 6.07) is -1.29.